The van der Waals surface area contributed by atoms with Crippen LogP contribution in [0.15, 0.2) is 30.6 Å². The van der Waals surface area contributed by atoms with Crippen LogP contribution < -0.4 is 9.64 Å². The van der Waals surface area contributed by atoms with Crippen LogP contribution in [0.5, 0.6) is 5.75 Å². The van der Waals surface area contributed by atoms with Crippen molar-refractivity contribution in [1.82, 2.24) is 9.88 Å². The van der Waals surface area contributed by atoms with Crippen molar-refractivity contribution in [2.75, 3.05) is 38.2 Å². The van der Waals surface area contributed by atoms with Crippen LogP contribution in [-0.2, 0) is 4.74 Å². The summed E-state index contributed by atoms with van der Waals surface area (Å²) in [6, 6.07) is 6.04. The fraction of sp³-hybridized carbons (Fsp3) is 0.500. The lowest BCUT2D eigenvalue weighted by Crippen LogP contribution is -2.39. The van der Waals surface area contributed by atoms with Crippen molar-refractivity contribution in [2.24, 2.45) is 0 Å². The summed E-state index contributed by atoms with van der Waals surface area (Å²) >= 11 is 0. The maximum Gasteiger partial charge on any atom is 0.410 e. The second-order valence-corrected chi connectivity index (χ2v) is 7.52. The highest BCUT2D eigenvalue weighted by Crippen LogP contribution is 2.33. The van der Waals surface area contributed by atoms with Crippen LogP contribution in [0.1, 0.15) is 27.2 Å². The molecule has 1 aliphatic heterocycles. The zero-order valence-electron chi connectivity index (χ0n) is 16.0. The lowest BCUT2D eigenvalue weighted by molar-refractivity contribution is 0.0263. The molecule has 0 atom stereocenters. The van der Waals surface area contributed by atoms with E-state index in [1.54, 1.807) is 18.2 Å². The Morgan fingerprint density at radius 2 is 1.88 bits per heavy atom. The van der Waals surface area contributed by atoms with Crippen molar-refractivity contribution in [3.05, 3.63) is 30.6 Å². The molecule has 0 unspecified atom stereocenters. The Morgan fingerprint density at radius 3 is 2.62 bits per heavy atom. The van der Waals surface area contributed by atoms with E-state index in [0.717, 1.165) is 41.7 Å². The Labute approximate surface area is 154 Å². The number of nitrogens with zero attached hydrogens (tertiary/aromatic N) is 3. The van der Waals surface area contributed by atoms with Crippen molar-refractivity contribution in [3.63, 3.8) is 0 Å². The average molecular weight is 357 g/mol. The minimum Gasteiger partial charge on any atom is -0.496 e. The summed E-state index contributed by atoms with van der Waals surface area (Å²) in [5.74, 6) is 0.844. The number of methoxy groups -OCH3 is 1. The Hall–Kier alpha value is -2.50. The molecule has 1 aromatic heterocycles. The normalized spacial score (nSPS) is 15.7. The van der Waals surface area contributed by atoms with Gasteiger partial charge in [0.05, 0.1) is 7.11 Å². The molecular formula is C20H27N3O3. The third-order valence-electron chi connectivity index (χ3n) is 4.46. The summed E-state index contributed by atoms with van der Waals surface area (Å²) < 4.78 is 11.0. The number of amides is 1. The monoisotopic (exact) mass is 357 g/mol. The predicted octanol–water partition coefficient (Wildman–Crippen LogP) is 3.69. The molecule has 1 saturated heterocycles. The molecule has 0 bridgehead atoms. The average Bonchev–Trinajstić information content (AvgIpc) is 2.85. The second-order valence-electron chi connectivity index (χ2n) is 7.52. The molecule has 1 amide bonds. The van der Waals surface area contributed by atoms with Crippen LogP contribution in [0.2, 0.25) is 0 Å². The highest BCUT2D eigenvalue weighted by molar-refractivity contribution is 5.97. The Balaban J connectivity index is 1.80. The first kappa shape index (κ1) is 18.3. The van der Waals surface area contributed by atoms with Gasteiger partial charge < -0.3 is 19.3 Å². The van der Waals surface area contributed by atoms with Gasteiger partial charge in [-0.1, -0.05) is 0 Å². The number of benzene rings is 1. The molecule has 2 aromatic rings. The minimum atomic E-state index is -0.471. The first-order valence-electron chi connectivity index (χ1n) is 9.02. The summed E-state index contributed by atoms with van der Waals surface area (Å²) in [6.45, 7) is 8.67. The molecule has 140 valence electrons. The number of carbonyl (C=O) groups excluding carboxylic acids is 1. The largest absolute Gasteiger partial charge is 0.496 e. The lowest BCUT2D eigenvalue weighted by atomic mass is 10.1. The van der Waals surface area contributed by atoms with Crippen LogP contribution >= 0.6 is 0 Å². The van der Waals surface area contributed by atoms with Gasteiger partial charge in [-0.05, 0) is 45.4 Å². The maximum absolute atomic E-state index is 12.4. The molecule has 3 rings (SSSR count). The van der Waals surface area contributed by atoms with Crippen molar-refractivity contribution in [3.8, 4) is 5.75 Å². The standard InChI is InChI=1S/C20H27N3O3/c1-20(2,3)26-19(24)23-11-5-10-22(12-13-23)17-6-7-18(25-4)15-8-9-21-14-16(15)17/h6-9,14H,5,10-13H2,1-4H3. The van der Waals surface area contributed by atoms with Gasteiger partial charge in [0.25, 0.3) is 0 Å². The Morgan fingerprint density at radius 1 is 1.08 bits per heavy atom. The fourth-order valence-electron chi connectivity index (χ4n) is 3.27. The van der Waals surface area contributed by atoms with Gasteiger partial charge in [-0.15, -0.1) is 0 Å². The van der Waals surface area contributed by atoms with E-state index in [1.165, 1.54) is 0 Å². The van der Waals surface area contributed by atoms with E-state index in [1.807, 2.05) is 39.1 Å². The number of hydrogen-bond acceptors (Lipinski definition) is 5. The first-order chi connectivity index (χ1) is 12.4. The van der Waals surface area contributed by atoms with Gasteiger partial charge in [0.2, 0.25) is 0 Å². The first-order valence-corrected chi connectivity index (χ1v) is 9.02. The summed E-state index contributed by atoms with van der Waals surface area (Å²) in [7, 11) is 1.68. The summed E-state index contributed by atoms with van der Waals surface area (Å²) in [5.41, 5.74) is 0.654. The van der Waals surface area contributed by atoms with Crippen molar-refractivity contribution < 1.29 is 14.3 Å². The van der Waals surface area contributed by atoms with Crippen molar-refractivity contribution in [1.29, 1.82) is 0 Å². The van der Waals surface area contributed by atoms with Gasteiger partial charge in [0, 0.05) is 55.0 Å². The fourth-order valence-corrected chi connectivity index (χ4v) is 3.27. The van der Waals surface area contributed by atoms with Crippen LogP contribution in [0.3, 0.4) is 0 Å². The number of anilines is 1. The zero-order valence-corrected chi connectivity index (χ0v) is 16.0. The van der Waals surface area contributed by atoms with Crippen molar-refractivity contribution >= 4 is 22.6 Å². The zero-order chi connectivity index (χ0) is 18.7. The highest BCUT2D eigenvalue weighted by Gasteiger charge is 2.25. The van der Waals surface area contributed by atoms with E-state index in [0.29, 0.717) is 13.1 Å². The molecule has 0 N–H and O–H groups in total. The smallest absolute Gasteiger partial charge is 0.410 e. The predicted molar refractivity (Wildman–Crippen MR) is 103 cm³/mol. The van der Waals surface area contributed by atoms with Crippen LogP contribution in [0.4, 0.5) is 10.5 Å². The second kappa shape index (κ2) is 7.40. The summed E-state index contributed by atoms with van der Waals surface area (Å²) in [5, 5.41) is 2.12. The SMILES string of the molecule is COc1ccc(N2CCCN(C(=O)OC(C)(C)C)CC2)c2cnccc12. The van der Waals surface area contributed by atoms with Gasteiger partial charge in [-0.2, -0.15) is 0 Å². The number of carbonyl (C=O) groups is 1. The van der Waals surface area contributed by atoms with E-state index in [-0.39, 0.29) is 6.09 Å². The van der Waals surface area contributed by atoms with Gasteiger partial charge in [-0.3, -0.25) is 4.98 Å². The van der Waals surface area contributed by atoms with E-state index in [4.69, 9.17) is 9.47 Å². The number of hydrogen-bond donors (Lipinski definition) is 0. The quantitative estimate of drug-likeness (QED) is 0.820. The molecule has 1 aliphatic rings. The maximum atomic E-state index is 12.4. The molecule has 1 fully saturated rings. The summed E-state index contributed by atoms with van der Waals surface area (Å²) in [6.07, 6.45) is 4.32. The van der Waals surface area contributed by atoms with E-state index in [9.17, 15) is 4.79 Å². The summed E-state index contributed by atoms with van der Waals surface area (Å²) in [4.78, 5) is 20.8. The number of ether oxygens (including phenoxy) is 2. The molecule has 26 heavy (non-hydrogen) atoms. The molecule has 0 aliphatic carbocycles. The van der Waals surface area contributed by atoms with E-state index < -0.39 is 5.60 Å². The number of rotatable bonds is 2. The van der Waals surface area contributed by atoms with E-state index >= 15 is 0 Å². The number of fused-ring (bicyclic) bond motifs is 1. The van der Waals surface area contributed by atoms with Crippen molar-refractivity contribution in [2.45, 2.75) is 32.8 Å². The van der Waals surface area contributed by atoms with Gasteiger partial charge in [0.15, 0.2) is 0 Å². The molecule has 0 saturated carbocycles. The van der Waals surface area contributed by atoms with E-state index in [2.05, 4.69) is 16.0 Å². The lowest BCUT2D eigenvalue weighted by Gasteiger charge is -2.27. The molecule has 6 heteroatoms. The van der Waals surface area contributed by atoms with Crippen LogP contribution in [0.25, 0.3) is 10.8 Å². The van der Waals surface area contributed by atoms with Crippen LogP contribution in [0, 0.1) is 0 Å². The molecule has 2 heterocycles. The molecule has 6 nitrogen and oxygen atoms in total. The molecular weight excluding hydrogens is 330 g/mol. The number of aromatic nitrogens is 1. The van der Waals surface area contributed by atoms with Gasteiger partial charge >= 0.3 is 6.09 Å². The topological polar surface area (TPSA) is 54.9 Å². The Kier molecular flexibility index (Phi) is 5.20. The van der Waals surface area contributed by atoms with Crippen LogP contribution in [-0.4, -0.2) is 54.9 Å². The molecule has 1 aromatic carbocycles. The molecule has 0 radical (unpaired) electrons. The molecule has 0 spiro atoms. The third kappa shape index (κ3) is 4.00. The Bertz CT molecular complexity index is 785. The number of pyridine rings is 1. The van der Waals surface area contributed by atoms with Gasteiger partial charge in [-0.25, -0.2) is 4.79 Å². The highest BCUT2D eigenvalue weighted by atomic mass is 16.6. The van der Waals surface area contributed by atoms with Gasteiger partial charge in [0.1, 0.15) is 11.4 Å². The third-order valence-corrected chi connectivity index (χ3v) is 4.46. The minimum absolute atomic E-state index is 0.236.